The van der Waals surface area contributed by atoms with Crippen LogP contribution in [0.15, 0.2) is 23.4 Å². The van der Waals surface area contributed by atoms with Gasteiger partial charge in [-0.15, -0.1) is 10.2 Å². The third-order valence-corrected chi connectivity index (χ3v) is 5.29. The Kier molecular flexibility index (Phi) is 6.00. The molecule has 0 aliphatic carbocycles. The molecule has 2 aromatic rings. The first-order valence-corrected chi connectivity index (χ1v) is 9.31. The third kappa shape index (κ3) is 4.89. The summed E-state index contributed by atoms with van der Waals surface area (Å²) in [5.41, 5.74) is 0.227. The largest absolute Gasteiger partial charge is 0.495 e. The van der Waals surface area contributed by atoms with Crippen LogP contribution in [0.4, 0.5) is 18.9 Å². The van der Waals surface area contributed by atoms with E-state index in [4.69, 9.17) is 16.3 Å². The Hall–Kier alpha value is -2.34. The first kappa shape index (κ1) is 21.0. The normalized spacial score (nSPS) is 12.1. The van der Waals surface area contributed by atoms with Gasteiger partial charge >= 0.3 is 6.18 Å². The molecule has 27 heavy (non-hydrogen) atoms. The van der Waals surface area contributed by atoms with E-state index >= 15 is 0 Å². The highest BCUT2D eigenvalue weighted by Crippen LogP contribution is 2.29. The summed E-state index contributed by atoms with van der Waals surface area (Å²) in [6.45, 7) is 0. The Morgan fingerprint density at radius 1 is 1.33 bits per heavy atom. The van der Waals surface area contributed by atoms with E-state index in [0.717, 1.165) is 7.05 Å². The van der Waals surface area contributed by atoms with Gasteiger partial charge in [0.15, 0.2) is 0 Å². The molecule has 1 amide bonds. The van der Waals surface area contributed by atoms with Crippen LogP contribution >= 0.6 is 11.6 Å². The molecule has 1 aromatic heterocycles. The molecule has 0 unspecified atom stereocenters. The number of rotatable bonds is 6. The number of nitrogens with zero attached hydrogens (tertiary/aromatic N) is 3. The van der Waals surface area contributed by atoms with Crippen molar-refractivity contribution in [3.8, 4) is 5.75 Å². The van der Waals surface area contributed by atoms with Crippen LogP contribution in [-0.2, 0) is 27.9 Å². The summed E-state index contributed by atoms with van der Waals surface area (Å²) in [6.07, 6.45) is -5.37. The number of carbonyl (C=O) groups is 1. The predicted octanol–water partition coefficient (Wildman–Crippen LogP) is 2.30. The molecular formula is C14H14ClF3N4O4S. The maximum atomic E-state index is 12.7. The lowest BCUT2D eigenvalue weighted by molar-refractivity contribution is -0.147. The molecule has 0 atom stereocenters. The van der Waals surface area contributed by atoms with Crippen LogP contribution in [0.3, 0.4) is 0 Å². The van der Waals surface area contributed by atoms with Crippen LogP contribution in [0.25, 0.3) is 0 Å². The standard InChI is InChI=1S/C14H14ClF3N4O4S/c1-22-12(14(16,17)18)20-21-13(22)27(24,25)6-5-11(23)19-9-7-8(15)3-4-10(9)26-2/h3-4,7H,5-6H2,1-2H3,(H,19,23). The number of nitrogens with one attached hydrogen (secondary N) is 1. The van der Waals surface area contributed by atoms with Gasteiger partial charge in [0.2, 0.25) is 26.7 Å². The number of benzene rings is 1. The number of carbonyl (C=O) groups excluding carboxylic acids is 1. The molecule has 0 bridgehead atoms. The van der Waals surface area contributed by atoms with Crippen molar-refractivity contribution in [1.82, 2.24) is 14.8 Å². The number of sulfone groups is 1. The Morgan fingerprint density at radius 2 is 2.00 bits per heavy atom. The zero-order valence-corrected chi connectivity index (χ0v) is 15.6. The number of amides is 1. The molecule has 148 valence electrons. The summed E-state index contributed by atoms with van der Waals surface area (Å²) in [6, 6.07) is 4.45. The van der Waals surface area contributed by atoms with Crippen molar-refractivity contribution in [3.05, 3.63) is 29.0 Å². The molecule has 0 aliphatic rings. The van der Waals surface area contributed by atoms with Gasteiger partial charge in [-0.2, -0.15) is 13.2 Å². The van der Waals surface area contributed by atoms with Gasteiger partial charge < -0.3 is 10.1 Å². The molecule has 2 rings (SSSR count). The van der Waals surface area contributed by atoms with Gasteiger partial charge in [0.05, 0.1) is 18.6 Å². The summed E-state index contributed by atoms with van der Waals surface area (Å²) in [4.78, 5) is 12.0. The predicted molar refractivity (Wildman–Crippen MR) is 89.3 cm³/mol. The molecule has 0 spiro atoms. The zero-order chi connectivity index (χ0) is 20.4. The van der Waals surface area contributed by atoms with Crippen molar-refractivity contribution in [3.63, 3.8) is 0 Å². The number of alkyl halides is 3. The molecule has 0 radical (unpaired) electrons. The highest BCUT2D eigenvalue weighted by atomic mass is 35.5. The van der Waals surface area contributed by atoms with Gasteiger partial charge in [-0.05, 0) is 18.2 Å². The van der Waals surface area contributed by atoms with Gasteiger partial charge in [0.25, 0.3) is 0 Å². The van der Waals surface area contributed by atoms with E-state index < -0.39 is 45.1 Å². The van der Waals surface area contributed by atoms with Gasteiger partial charge in [-0.3, -0.25) is 9.36 Å². The second-order valence-electron chi connectivity index (χ2n) is 5.32. The average Bonchev–Trinajstić information content (AvgIpc) is 2.96. The van der Waals surface area contributed by atoms with Gasteiger partial charge in [-0.25, -0.2) is 8.42 Å². The molecule has 8 nitrogen and oxygen atoms in total. The van der Waals surface area contributed by atoms with Crippen LogP contribution in [-0.4, -0.2) is 42.0 Å². The van der Waals surface area contributed by atoms with Crippen molar-refractivity contribution in [2.45, 2.75) is 17.8 Å². The van der Waals surface area contributed by atoms with E-state index in [9.17, 15) is 26.4 Å². The number of anilines is 1. The summed E-state index contributed by atoms with van der Waals surface area (Å²) < 4.78 is 67.9. The van der Waals surface area contributed by atoms with Crippen LogP contribution < -0.4 is 10.1 Å². The maximum Gasteiger partial charge on any atom is 0.451 e. The molecule has 1 N–H and O–H groups in total. The Bertz CT molecular complexity index is 960. The number of hydrogen-bond acceptors (Lipinski definition) is 6. The average molecular weight is 427 g/mol. The number of ether oxygens (including phenoxy) is 1. The van der Waals surface area contributed by atoms with Crippen LogP contribution in [0, 0.1) is 0 Å². The van der Waals surface area contributed by atoms with E-state index in [-0.39, 0.29) is 5.69 Å². The van der Waals surface area contributed by atoms with Crippen molar-refractivity contribution in [2.24, 2.45) is 7.05 Å². The SMILES string of the molecule is COc1ccc(Cl)cc1NC(=O)CCS(=O)(=O)c1nnc(C(F)(F)F)n1C. The van der Waals surface area contributed by atoms with E-state index in [1.807, 2.05) is 0 Å². The summed E-state index contributed by atoms with van der Waals surface area (Å²) in [5, 5.41) is 7.83. The third-order valence-electron chi connectivity index (χ3n) is 3.40. The number of methoxy groups -OCH3 is 1. The molecule has 0 aliphatic heterocycles. The molecule has 1 aromatic carbocycles. The molecule has 0 fully saturated rings. The van der Waals surface area contributed by atoms with E-state index in [1.54, 1.807) is 0 Å². The fourth-order valence-corrected chi connectivity index (χ4v) is 3.62. The summed E-state index contributed by atoms with van der Waals surface area (Å²) in [5.74, 6) is -2.60. The minimum absolute atomic E-state index is 0.227. The zero-order valence-electron chi connectivity index (χ0n) is 14.0. The topological polar surface area (TPSA) is 103 Å². The monoisotopic (exact) mass is 426 g/mol. The molecule has 1 heterocycles. The molecule has 0 saturated heterocycles. The summed E-state index contributed by atoms with van der Waals surface area (Å²) >= 11 is 5.83. The van der Waals surface area contributed by atoms with E-state index in [1.165, 1.54) is 25.3 Å². The van der Waals surface area contributed by atoms with E-state index in [0.29, 0.717) is 15.3 Å². The minimum atomic E-state index is -4.85. The molecule has 0 saturated carbocycles. The second kappa shape index (κ2) is 7.72. The molecular weight excluding hydrogens is 413 g/mol. The van der Waals surface area contributed by atoms with Gasteiger partial charge in [0.1, 0.15) is 5.75 Å². The van der Waals surface area contributed by atoms with Crippen molar-refractivity contribution in [2.75, 3.05) is 18.2 Å². The summed E-state index contributed by atoms with van der Waals surface area (Å²) in [7, 11) is -2.02. The van der Waals surface area contributed by atoms with Crippen LogP contribution in [0.1, 0.15) is 12.2 Å². The number of hydrogen-bond donors (Lipinski definition) is 1. The lowest BCUT2D eigenvalue weighted by atomic mass is 10.3. The Labute approximate surface area is 157 Å². The second-order valence-corrected chi connectivity index (χ2v) is 7.76. The maximum absolute atomic E-state index is 12.7. The quantitative estimate of drug-likeness (QED) is 0.760. The van der Waals surface area contributed by atoms with Crippen molar-refractivity contribution >= 4 is 33.0 Å². The van der Waals surface area contributed by atoms with Gasteiger partial charge in [0, 0.05) is 18.5 Å². The fourth-order valence-electron chi connectivity index (χ4n) is 2.14. The van der Waals surface area contributed by atoms with Crippen molar-refractivity contribution in [1.29, 1.82) is 0 Å². The number of halogens is 4. The first-order valence-electron chi connectivity index (χ1n) is 7.28. The number of aromatic nitrogens is 3. The van der Waals surface area contributed by atoms with Crippen LogP contribution in [0.2, 0.25) is 5.02 Å². The lowest BCUT2D eigenvalue weighted by Gasteiger charge is -2.11. The van der Waals surface area contributed by atoms with Gasteiger partial charge in [-0.1, -0.05) is 11.6 Å². The Morgan fingerprint density at radius 3 is 2.56 bits per heavy atom. The fraction of sp³-hybridized carbons (Fsp3) is 0.357. The highest BCUT2D eigenvalue weighted by molar-refractivity contribution is 7.91. The lowest BCUT2D eigenvalue weighted by Crippen LogP contribution is -2.21. The Balaban J connectivity index is 2.11. The minimum Gasteiger partial charge on any atom is -0.495 e. The smallest absolute Gasteiger partial charge is 0.451 e. The molecule has 13 heteroatoms. The first-order chi connectivity index (χ1) is 12.5. The van der Waals surface area contributed by atoms with E-state index in [2.05, 4.69) is 15.5 Å². The van der Waals surface area contributed by atoms with Crippen molar-refractivity contribution < 1.29 is 31.1 Å². The van der Waals surface area contributed by atoms with Crippen LogP contribution in [0.5, 0.6) is 5.75 Å². The highest BCUT2D eigenvalue weighted by Gasteiger charge is 2.39.